The van der Waals surface area contributed by atoms with Gasteiger partial charge in [-0.3, -0.25) is 9.78 Å². The second kappa shape index (κ2) is 5.30. The smallest absolute Gasteiger partial charge is 0.328 e. The van der Waals surface area contributed by atoms with Crippen LogP contribution in [0.1, 0.15) is 12.0 Å². The van der Waals surface area contributed by atoms with Crippen LogP contribution in [-0.2, 0) is 7.05 Å². The predicted octanol–water partition coefficient (Wildman–Crippen LogP) is -1.83. The summed E-state index contributed by atoms with van der Waals surface area (Å²) >= 11 is 0. The van der Waals surface area contributed by atoms with E-state index in [0.717, 1.165) is 0 Å². The van der Waals surface area contributed by atoms with Gasteiger partial charge in [-0.15, -0.1) is 0 Å². The van der Waals surface area contributed by atoms with Crippen LogP contribution in [0, 0.1) is 11.8 Å². The first kappa shape index (κ1) is 12.2. The molecule has 0 aliphatic carbocycles. The first-order valence-corrected chi connectivity index (χ1v) is 4.62. The fourth-order valence-corrected chi connectivity index (χ4v) is 0.981. The molecule has 0 saturated carbocycles. The van der Waals surface area contributed by atoms with Gasteiger partial charge in [0, 0.05) is 19.7 Å². The normalized spacial score (nSPS) is 11.7. The summed E-state index contributed by atoms with van der Waals surface area (Å²) < 4.78 is 1.20. The average molecular weight is 224 g/mol. The molecule has 0 amide bonds. The third kappa shape index (κ3) is 3.08. The second-order valence-electron chi connectivity index (χ2n) is 3.26. The van der Waals surface area contributed by atoms with E-state index in [-0.39, 0.29) is 18.6 Å². The molecule has 0 spiro atoms. The van der Waals surface area contributed by atoms with Gasteiger partial charge in [0.2, 0.25) is 0 Å². The van der Waals surface area contributed by atoms with Gasteiger partial charge in [0.25, 0.3) is 5.56 Å². The number of aromatic nitrogens is 2. The molecular formula is C10H12N2O4. The minimum Gasteiger partial charge on any atom is -0.394 e. The van der Waals surface area contributed by atoms with E-state index in [2.05, 4.69) is 16.8 Å². The summed E-state index contributed by atoms with van der Waals surface area (Å²) in [6, 6.07) is 0. The van der Waals surface area contributed by atoms with Crippen molar-refractivity contribution in [2.75, 3.05) is 6.61 Å². The molecule has 0 bridgehead atoms. The molecule has 0 saturated heterocycles. The van der Waals surface area contributed by atoms with Crippen LogP contribution in [0.15, 0.2) is 15.8 Å². The fraction of sp³-hybridized carbons (Fsp3) is 0.400. The molecule has 1 aromatic rings. The standard InChI is InChI=1S/C10H12N2O4/c1-12-5-7(9(15)11-10(12)16)3-2-4-8(14)6-13/h5,8,13-14H,4,6H2,1H3,(H,11,15,16)/t8-/m0/s1. The summed E-state index contributed by atoms with van der Waals surface area (Å²) in [5.41, 5.74) is -0.924. The monoisotopic (exact) mass is 224 g/mol. The van der Waals surface area contributed by atoms with Crippen LogP contribution >= 0.6 is 0 Å². The molecule has 3 N–H and O–H groups in total. The van der Waals surface area contributed by atoms with Crippen LogP contribution in [0.25, 0.3) is 0 Å². The zero-order valence-electron chi connectivity index (χ0n) is 8.73. The van der Waals surface area contributed by atoms with Crippen molar-refractivity contribution in [3.8, 4) is 11.8 Å². The summed E-state index contributed by atoms with van der Waals surface area (Å²) in [5.74, 6) is 5.07. The number of hydrogen-bond donors (Lipinski definition) is 3. The average Bonchev–Trinajstić information content (AvgIpc) is 2.25. The van der Waals surface area contributed by atoms with E-state index < -0.39 is 17.4 Å². The number of rotatable bonds is 2. The molecular weight excluding hydrogens is 212 g/mol. The third-order valence-electron chi connectivity index (χ3n) is 1.88. The van der Waals surface area contributed by atoms with Crippen LogP contribution in [0.4, 0.5) is 0 Å². The lowest BCUT2D eigenvalue weighted by atomic mass is 10.2. The van der Waals surface area contributed by atoms with E-state index in [1.807, 2.05) is 0 Å². The molecule has 0 aromatic carbocycles. The lowest BCUT2D eigenvalue weighted by Gasteiger charge is -1.99. The van der Waals surface area contributed by atoms with Gasteiger partial charge in [0.05, 0.1) is 12.7 Å². The first-order chi connectivity index (χ1) is 7.54. The Morgan fingerprint density at radius 1 is 1.56 bits per heavy atom. The number of aryl methyl sites for hydroxylation is 1. The molecule has 6 heteroatoms. The highest BCUT2D eigenvalue weighted by atomic mass is 16.3. The van der Waals surface area contributed by atoms with Crippen LogP contribution in [0.2, 0.25) is 0 Å². The fourth-order valence-electron chi connectivity index (χ4n) is 0.981. The maximum Gasteiger partial charge on any atom is 0.328 e. The van der Waals surface area contributed by atoms with E-state index >= 15 is 0 Å². The van der Waals surface area contributed by atoms with Crippen LogP contribution in [0.3, 0.4) is 0 Å². The van der Waals surface area contributed by atoms with Crippen LogP contribution < -0.4 is 11.2 Å². The number of aromatic amines is 1. The minimum absolute atomic E-state index is 0.0682. The lowest BCUT2D eigenvalue weighted by Crippen LogP contribution is -2.29. The highest BCUT2D eigenvalue weighted by Crippen LogP contribution is 1.88. The third-order valence-corrected chi connectivity index (χ3v) is 1.88. The van der Waals surface area contributed by atoms with Crippen molar-refractivity contribution in [1.29, 1.82) is 0 Å². The number of hydrogen-bond acceptors (Lipinski definition) is 4. The SMILES string of the molecule is Cn1cc(C#CC[C@H](O)CO)c(=O)[nH]c1=O. The van der Waals surface area contributed by atoms with Crippen molar-refractivity contribution in [2.24, 2.45) is 7.05 Å². The largest absolute Gasteiger partial charge is 0.394 e. The van der Waals surface area contributed by atoms with Gasteiger partial charge in [-0.05, 0) is 0 Å². The predicted molar refractivity (Wildman–Crippen MR) is 56.9 cm³/mol. The summed E-state index contributed by atoms with van der Waals surface area (Å²) in [7, 11) is 1.49. The first-order valence-electron chi connectivity index (χ1n) is 4.62. The van der Waals surface area contributed by atoms with E-state index in [4.69, 9.17) is 10.2 Å². The molecule has 0 radical (unpaired) electrons. The number of H-pyrrole nitrogens is 1. The Bertz CT molecular complexity index is 532. The molecule has 86 valence electrons. The number of aliphatic hydroxyl groups is 2. The van der Waals surface area contributed by atoms with Crippen molar-refractivity contribution in [2.45, 2.75) is 12.5 Å². The van der Waals surface area contributed by atoms with Gasteiger partial charge in [-0.1, -0.05) is 11.8 Å². The Hall–Kier alpha value is -1.84. The number of aliphatic hydroxyl groups excluding tert-OH is 2. The maximum atomic E-state index is 11.3. The Kier molecular flexibility index (Phi) is 4.05. The Labute approximate surface area is 91.2 Å². The summed E-state index contributed by atoms with van der Waals surface area (Å²) in [4.78, 5) is 24.4. The molecule has 0 aliphatic rings. The second-order valence-corrected chi connectivity index (χ2v) is 3.26. The molecule has 1 rings (SSSR count). The Morgan fingerprint density at radius 3 is 2.88 bits per heavy atom. The number of nitrogens with zero attached hydrogens (tertiary/aromatic N) is 1. The van der Waals surface area contributed by atoms with E-state index in [9.17, 15) is 9.59 Å². The van der Waals surface area contributed by atoms with Gasteiger partial charge in [0.15, 0.2) is 0 Å². The van der Waals surface area contributed by atoms with Gasteiger partial charge < -0.3 is 14.8 Å². The molecule has 1 heterocycles. The Balaban J connectivity index is 2.94. The lowest BCUT2D eigenvalue weighted by molar-refractivity contribution is 0.0992. The molecule has 6 nitrogen and oxygen atoms in total. The number of nitrogens with one attached hydrogen (secondary N) is 1. The molecule has 1 atom stereocenters. The van der Waals surface area contributed by atoms with Gasteiger partial charge in [-0.2, -0.15) is 0 Å². The van der Waals surface area contributed by atoms with Crippen molar-refractivity contribution in [3.63, 3.8) is 0 Å². The molecule has 0 unspecified atom stereocenters. The summed E-state index contributed by atoms with van der Waals surface area (Å²) in [6.45, 7) is -0.377. The molecule has 0 fully saturated rings. The molecule has 16 heavy (non-hydrogen) atoms. The quantitative estimate of drug-likeness (QED) is 0.515. The zero-order valence-corrected chi connectivity index (χ0v) is 8.73. The van der Waals surface area contributed by atoms with Crippen molar-refractivity contribution in [1.82, 2.24) is 9.55 Å². The zero-order chi connectivity index (χ0) is 12.1. The Morgan fingerprint density at radius 2 is 2.25 bits per heavy atom. The summed E-state index contributed by atoms with van der Waals surface area (Å²) in [6.07, 6.45) is 0.470. The topological polar surface area (TPSA) is 95.3 Å². The highest BCUT2D eigenvalue weighted by Gasteiger charge is 2.00. The maximum absolute atomic E-state index is 11.3. The molecule has 1 aromatic heterocycles. The summed E-state index contributed by atoms with van der Waals surface area (Å²) in [5, 5.41) is 17.5. The van der Waals surface area contributed by atoms with E-state index in [0.29, 0.717) is 0 Å². The molecule has 0 aliphatic heterocycles. The van der Waals surface area contributed by atoms with Gasteiger partial charge >= 0.3 is 5.69 Å². The van der Waals surface area contributed by atoms with Crippen molar-refractivity contribution in [3.05, 3.63) is 32.6 Å². The van der Waals surface area contributed by atoms with Gasteiger partial charge in [0.1, 0.15) is 5.56 Å². The van der Waals surface area contributed by atoms with Crippen molar-refractivity contribution < 1.29 is 10.2 Å². The minimum atomic E-state index is -0.917. The van der Waals surface area contributed by atoms with E-state index in [1.54, 1.807) is 0 Å². The highest BCUT2D eigenvalue weighted by molar-refractivity contribution is 5.29. The van der Waals surface area contributed by atoms with Crippen molar-refractivity contribution >= 4 is 0 Å². The van der Waals surface area contributed by atoms with Gasteiger partial charge in [-0.25, -0.2) is 4.79 Å². The van der Waals surface area contributed by atoms with E-state index in [1.165, 1.54) is 17.8 Å². The van der Waals surface area contributed by atoms with Crippen LogP contribution in [0.5, 0.6) is 0 Å². The van der Waals surface area contributed by atoms with Crippen LogP contribution in [-0.4, -0.2) is 32.5 Å².